The molecule has 0 spiro atoms. The first-order valence-corrected chi connectivity index (χ1v) is 10.1. The molecule has 0 saturated carbocycles. The molecule has 0 aliphatic carbocycles. The van der Waals surface area contributed by atoms with Crippen LogP contribution in [0.3, 0.4) is 0 Å². The Morgan fingerprint density at radius 1 is 1.13 bits per heavy atom. The summed E-state index contributed by atoms with van der Waals surface area (Å²) in [5, 5.41) is 8.40. The van der Waals surface area contributed by atoms with E-state index in [2.05, 4.69) is 20.3 Å². The van der Waals surface area contributed by atoms with Gasteiger partial charge in [0.1, 0.15) is 11.4 Å². The summed E-state index contributed by atoms with van der Waals surface area (Å²) in [6.45, 7) is 0.310. The molecule has 2 aromatic carbocycles. The predicted molar refractivity (Wildman–Crippen MR) is 110 cm³/mol. The normalized spacial score (nSPS) is 11.5. The smallest absolute Gasteiger partial charge is 0.357 e. The van der Waals surface area contributed by atoms with Gasteiger partial charge in [0.05, 0.1) is 19.3 Å². The Morgan fingerprint density at radius 2 is 1.87 bits per heavy atom. The minimum Gasteiger partial charge on any atom is -0.496 e. The number of nitrogens with two attached hydrogens (primary N) is 1. The van der Waals surface area contributed by atoms with Crippen LogP contribution in [0.2, 0.25) is 0 Å². The van der Waals surface area contributed by atoms with Crippen LogP contribution in [0.5, 0.6) is 5.75 Å². The summed E-state index contributed by atoms with van der Waals surface area (Å²) in [4.78, 5) is 8.61. The van der Waals surface area contributed by atoms with Crippen LogP contribution in [0, 0.1) is 0 Å². The molecule has 12 heteroatoms. The quantitative estimate of drug-likeness (QED) is 0.390. The van der Waals surface area contributed by atoms with Crippen molar-refractivity contribution in [3.8, 4) is 17.0 Å². The van der Waals surface area contributed by atoms with Gasteiger partial charge in [-0.25, -0.2) is 9.67 Å². The third-order valence-electron chi connectivity index (χ3n) is 4.28. The van der Waals surface area contributed by atoms with Gasteiger partial charge in [0, 0.05) is 5.56 Å². The number of nitrogens with zero attached hydrogens (tertiary/aromatic N) is 5. The van der Waals surface area contributed by atoms with Gasteiger partial charge in [-0.15, -0.1) is 5.10 Å². The van der Waals surface area contributed by atoms with Crippen LogP contribution in [0.25, 0.3) is 22.4 Å². The molecule has 0 fully saturated rings. The summed E-state index contributed by atoms with van der Waals surface area (Å²) in [5.74, 6) is 0.688. The molecule has 154 valence electrons. The number of aromatic nitrogens is 5. The Hall–Kier alpha value is -3.77. The van der Waals surface area contributed by atoms with Crippen molar-refractivity contribution >= 4 is 33.1 Å². The van der Waals surface area contributed by atoms with Crippen LogP contribution < -0.4 is 15.2 Å². The maximum Gasteiger partial charge on any atom is 0.357 e. The fourth-order valence-electron chi connectivity index (χ4n) is 3.01. The van der Waals surface area contributed by atoms with Gasteiger partial charge < -0.3 is 10.5 Å². The Kier molecular flexibility index (Phi) is 4.93. The summed E-state index contributed by atoms with van der Waals surface area (Å²) in [7, 11) is -2.76. The summed E-state index contributed by atoms with van der Waals surface area (Å²) < 4.78 is 39.6. The second kappa shape index (κ2) is 7.57. The lowest BCUT2D eigenvalue weighted by Gasteiger charge is -2.09. The number of rotatable bonds is 6. The fourth-order valence-corrected chi connectivity index (χ4v) is 3.44. The second-order valence-electron chi connectivity index (χ2n) is 6.32. The number of para-hydroxylation sites is 1. The lowest BCUT2D eigenvalue weighted by atomic mass is 10.1. The summed E-state index contributed by atoms with van der Waals surface area (Å²) in [6, 6.07) is 13.8. The fraction of sp³-hybridized carbons (Fsp3) is 0.111. The molecule has 0 amide bonds. The molecular weight excluding hydrogens is 410 g/mol. The van der Waals surface area contributed by atoms with E-state index in [4.69, 9.17) is 15.0 Å². The van der Waals surface area contributed by atoms with Gasteiger partial charge in [0.15, 0.2) is 11.2 Å². The van der Waals surface area contributed by atoms with E-state index in [1.807, 2.05) is 29.0 Å². The number of fused-ring (bicyclic) bond motifs is 1. The van der Waals surface area contributed by atoms with Gasteiger partial charge in [-0.1, -0.05) is 29.5 Å². The van der Waals surface area contributed by atoms with Crippen molar-refractivity contribution in [2.45, 2.75) is 6.54 Å². The van der Waals surface area contributed by atoms with Crippen LogP contribution in [0.1, 0.15) is 5.56 Å². The molecule has 4 aromatic rings. The molecule has 0 aliphatic rings. The highest BCUT2D eigenvalue weighted by Crippen LogP contribution is 2.32. The molecule has 2 heterocycles. The largest absolute Gasteiger partial charge is 0.496 e. The average molecular weight is 427 g/mol. The second-order valence-corrected chi connectivity index (χ2v) is 7.48. The lowest BCUT2D eigenvalue weighted by Crippen LogP contribution is -2.10. The predicted octanol–water partition coefficient (Wildman–Crippen LogP) is 1.74. The molecule has 0 saturated heterocycles. The van der Waals surface area contributed by atoms with Crippen molar-refractivity contribution in [1.29, 1.82) is 0 Å². The van der Waals surface area contributed by atoms with Gasteiger partial charge >= 0.3 is 10.3 Å². The van der Waals surface area contributed by atoms with E-state index in [0.29, 0.717) is 34.7 Å². The summed E-state index contributed by atoms with van der Waals surface area (Å²) in [6.07, 6.45) is 0. The van der Waals surface area contributed by atoms with Crippen LogP contribution in [-0.4, -0.2) is 45.0 Å². The molecule has 0 aliphatic heterocycles. The topological polar surface area (TPSA) is 158 Å². The first-order valence-electron chi connectivity index (χ1n) is 8.68. The van der Waals surface area contributed by atoms with E-state index in [-0.39, 0.29) is 11.6 Å². The van der Waals surface area contributed by atoms with Crippen LogP contribution in [0.4, 0.5) is 11.6 Å². The lowest BCUT2D eigenvalue weighted by molar-refractivity contribution is 0.416. The number of hydrogen-bond donors (Lipinski definition) is 3. The Morgan fingerprint density at radius 3 is 2.57 bits per heavy atom. The Labute approximate surface area is 171 Å². The molecule has 4 rings (SSSR count). The monoisotopic (exact) mass is 427 g/mol. The van der Waals surface area contributed by atoms with E-state index >= 15 is 0 Å². The molecule has 30 heavy (non-hydrogen) atoms. The third-order valence-corrected chi connectivity index (χ3v) is 4.77. The van der Waals surface area contributed by atoms with Gasteiger partial charge in [0.25, 0.3) is 0 Å². The minimum atomic E-state index is -4.33. The summed E-state index contributed by atoms with van der Waals surface area (Å²) in [5.41, 5.74) is 9.11. The first kappa shape index (κ1) is 19.5. The van der Waals surface area contributed by atoms with Crippen molar-refractivity contribution in [3.63, 3.8) is 0 Å². The zero-order valence-corrected chi connectivity index (χ0v) is 16.5. The highest BCUT2D eigenvalue weighted by atomic mass is 32.2. The van der Waals surface area contributed by atoms with Gasteiger partial charge in [0.2, 0.25) is 5.95 Å². The number of ether oxygens (including phenoxy) is 1. The van der Waals surface area contributed by atoms with E-state index in [1.54, 1.807) is 23.9 Å². The summed E-state index contributed by atoms with van der Waals surface area (Å²) >= 11 is 0. The zero-order chi connectivity index (χ0) is 21.3. The Bertz CT molecular complexity index is 1320. The van der Waals surface area contributed by atoms with E-state index in [9.17, 15) is 8.42 Å². The third kappa shape index (κ3) is 3.99. The molecule has 2 aromatic heterocycles. The number of nitrogen functional groups attached to an aromatic ring is 1. The van der Waals surface area contributed by atoms with Crippen molar-refractivity contribution in [2.24, 2.45) is 0 Å². The van der Waals surface area contributed by atoms with Gasteiger partial charge in [-0.3, -0.25) is 9.27 Å². The molecule has 0 atom stereocenters. The van der Waals surface area contributed by atoms with Crippen molar-refractivity contribution < 1.29 is 17.7 Å². The maximum absolute atomic E-state index is 10.9. The maximum atomic E-state index is 10.9. The Balaban J connectivity index is 1.71. The number of anilines is 2. The van der Waals surface area contributed by atoms with Gasteiger partial charge in [-0.05, 0) is 29.8 Å². The average Bonchev–Trinajstić information content (AvgIpc) is 3.10. The van der Waals surface area contributed by atoms with E-state index in [0.717, 1.165) is 5.56 Å². The molecule has 0 unspecified atom stereocenters. The highest BCUT2D eigenvalue weighted by molar-refractivity contribution is 7.87. The SMILES string of the molecule is COc1ccccc1-c1nc(N)nc2c1nnn2Cc1ccc(NS(=O)(=O)O)cc1. The van der Waals surface area contributed by atoms with Crippen LogP contribution in [-0.2, 0) is 16.8 Å². The zero-order valence-electron chi connectivity index (χ0n) is 15.7. The molecule has 0 bridgehead atoms. The standard InChI is InChI=1S/C18H17N7O4S/c1-29-14-5-3-2-4-13(14)15-16-17(21-18(19)20-15)25(24-22-16)10-11-6-8-12(9-7-11)23-30(26,27)28/h2-9,23H,10H2,1H3,(H2,19,20,21)(H,26,27,28). The minimum absolute atomic E-state index is 0.0691. The first-order chi connectivity index (χ1) is 14.3. The number of nitrogens with one attached hydrogen (secondary N) is 1. The number of benzene rings is 2. The van der Waals surface area contributed by atoms with Crippen LogP contribution in [0.15, 0.2) is 48.5 Å². The molecule has 4 N–H and O–H groups in total. The molecule has 0 radical (unpaired) electrons. The van der Waals surface area contributed by atoms with Crippen molar-refractivity contribution in [2.75, 3.05) is 17.6 Å². The number of hydrogen-bond acceptors (Lipinski definition) is 8. The van der Waals surface area contributed by atoms with Crippen molar-refractivity contribution in [1.82, 2.24) is 25.0 Å². The van der Waals surface area contributed by atoms with E-state index in [1.165, 1.54) is 12.1 Å². The van der Waals surface area contributed by atoms with Gasteiger partial charge in [-0.2, -0.15) is 13.4 Å². The molecular formula is C18H17N7O4S. The van der Waals surface area contributed by atoms with Crippen LogP contribution >= 0.6 is 0 Å². The molecule has 11 nitrogen and oxygen atoms in total. The number of methoxy groups -OCH3 is 1. The van der Waals surface area contributed by atoms with Crippen molar-refractivity contribution in [3.05, 3.63) is 54.1 Å². The highest BCUT2D eigenvalue weighted by Gasteiger charge is 2.18. The van der Waals surface area contributed by atoms with E-state index < -0.39 is 10.3 Å².